The van der Waals surface area contributed by atoms with Gasteiger partial charge in [0.25, 0.3) is 11.8 Å². The van der Waals surface area contributed by atoms with Crippen LogP contribution in [0.2, 0.25) is 0 Å². The lowest BCUT2D eigenvalue weighted by Crippen LogP contribution is -2.31. The standard InChI is InChI=1S/C38H37N3O7S/c1-4-5-21-48-29-16-14-28(15-17-29)41-35(42)24-34(38(41)45)49-30-18-12-27(13-19-30)39-37(44)31(40-36(43)26-9-7-6-8-10-26)22-25-11-20-32(46-2)33(23-25)47-3/h6-20,22-23,34H,4-5,21,24H2,1-3H3,(H,39,44)(H,40,43)/b31-22-. The van der Waals surface area contributed by atoms with Gasteiger partial charge < -0.3 is 24.8 Å². The van der Waals surface area contributed by atoms with Crippen molar-refractivity contribution >= 4 is 52.8 Å². The molecule has 1 fully saturated rings. The molecule has 0 spiro atoms. The number of thioether (sulfide) groups is 1. The number of hydrogen-bond acceptors (Lipinski definition) is 8. The number of carbonyl (C=O) groups excluding carboxylic acids is 4. The van der Waals surface area contributed by atoms with Crippen LogP contribution < -0.4 is 29.7 Å². The highest BCUT2D eigenvalue weighted by Crippen LogP contribution is 2.35. The largest absolute Gasteiger partial charge is 0.494 e. The summed E-state index contributed by atoms with van der Waals surface area (Å²) in [6, 6.07) is 27.6. The maximum atomic E-state index is 13.5. The fourth-order valence-electron chi connectivity index (χ4n) is 5.02. The molecular formula is C38H37N3O7S. The van der Waals surface area contributed by atoms with Gasteiger partial charge in [0.05, 0.1) is 31.8 Å². The second-order valence-electron chi connectivity index (χ2n) is 11.0. The van der Waals surface area contributed by atoms with Gasteiger partial charge in [0.2, 0.25) is 11.8 Å². The summed E-state index contributed by atoms with van der Waals surface area (Å²) >= 11 is 1.29. The molecule has 1 aliphatic heterocycles. The Labute approximate surface area is 289 Å². The number of amides is 4. The number of imide groups is 1. The zero-order valence-electron chi connectivity index (χ0n) is 27.4. The lowest BCUT2D eigenvalue weighted by molar-refractivity contribution is -0.121. The fraction of sp³-hybridized carbons (Fsp3) is 0.211. The van der Waals surface area contributed by atoms with Gasteiger partial charge in [-0.2, -0.15) is 0 Å². The third kappa shape index (κ3) is 8.88. The molecule has 11 heteroatoms. The number of unbranched alkanes of at least 4 members (excludes halogenated alkanes) is 1. The minimum absolute atomic E-state index is 0.00948. The van der Waals surface area contributed by atoms with Crippen LogP contribution >= 0.6 is 11.8 Å². The van der Waals surface area contributed by atoms with Crippen molar-refractivity contribution in [2.24, 2.45) is 0 Å². The summed E-state index contributed by atoms with van der Waals surface area (Å²) in [4.78, 5) is 54.6. The zero-order chi connectivity index (χ0) is 34.8. The Kier molecular flexibility index (Phi) is 11.7. The van der Waals surface area contributed by atoms with E-state index in [2.05, 4.69) is 17.6 Å². The molecule has 4 aromatic carbocycles. The van der Waals surface area contributed by atoms with Gasteiger partial charge >= 0.3 is 0 Å². The molecule has 0 aliphatic carbocycles. The number of carbonyl (C=O) groups is 4. The SMILES string of the molecule is CCCCOc1ccc(N2C(=O)CC(Sc3ccc(NC(=O)/C(=C/c4ccc(OC)c(OC)c4)NC(=O)c4ccccc4)cc3)C2=O)cc1. The van der Waals surface area contributed by atoms with Crippen LogP contribution in [0.3, 0.4) is 0 Å². The molecular weight excluding hydrogens is 642 g/mol. The van der Waals surface area contributed by atoms with Gasteiger partial charge in [0.15, 0.2) is 11.5 Å². The summed E-state index contributed by atoms with van der Waals surface area (Å²) in [5.41, 5.74) is 1.98. The predicted octanol–water partition coefficient (Wildman–Crippen LogP) is 6.72. The summed E-state index contributed by atoms with van der Waals surface area (Å²) in [7, 11) is 3.04. The van der Waals surface area contributed by atoms with Crippen LogP contribution in [0.15, 0.2) is 108 Å². The van der Waals surface area contributed by atoms with Crippen LogP contribution in [-0.2, 0) is 14.4 Å². The van der Waals surface area contributed by atoms with Crippen LogP contribution in [0, 0.1) is 0 Å². The van der Waals surface area contributed by atoms with Crippen LogP contribution in [0.4, 0.5) is 11.4 Å². The predicted molar refractivity (Wildman–Crippen MR) is 190 cm³/mol. The van der Waals surface area contributed by atoms with Crippen molar-refractivity contribution in [3.05, 3.63) is 114 Å². The number of methoxy groups -OCH3 is 2. The lowest BCUT2D eigenvalue weighted by atomic mass is 10.1. The number of rotatable bonds is 14. The van der Waals surface area contributed by atoms with Crippen molar-refractivity contribution < 1.29 is 33.4 Å². The van der Waals surface area contributed by atoms with Crippen LogP contribution in [0.5, 0.6) is 17.2 Å². The van der Waals surface area contributed by atoms with Crippen LogP contribution in [-0.4, -0.2) is 49.7 Å². The molecule has 1 saturated heterocycles. The number of anilines is 2. The third-order valence-corrected chi connectivity index (χ3v) is 8.80. The quantitative estimate of drug-likeness (QED) is 0.0856. The minimum Gasteiger partial charge on any atom is -0.494 e. The smallest absolute Gasteiger partial charge is 0.272 e. The molecule has 1 unspecified atom stereocenters. The van der Waals surface area contributed by atoms with Gasteiger partial charge in [-0.15, -0.1) is 11.8 Å². The van der Waals surface area contributed by atoms with E-state index in [-0.39, 0.29) is 23.9 Å². The average molecular weight is 680 g/mol. The van der Waals surface area contributed by atoms with Crippen molar-refractivity contribution in [1.29, 1.82) is 0 Å². The second-order valence-corrected chi connectivity index (χ2v) is 12.3. The van der Waals surface area contributed by atoms with E-state index in [1.54, 1.807) is 103 Å². The summed E-state index contributed by atoms with van der Waals surface area (Å²) in [6.07, 6.45) is 3.59. The minimum atomic E-state index is -0.586. The molecule has 4 aromatic rings. The molecule has 0 radical (unpaired) electrons. The lowest BCUT2D eigenvalue weighted by Gasteiger charge is -2.16. The van der Waals surface area contributed by atoms with Crippen molar-refractivity contribution in [2.75, 3.05) is 31.0 Å². The Hall–Kier alpha value is -5.55. The first kappa shape index (κ1) is 34.8. The monoisotopic (exact) mass is 679 g/mol. The van der Waals surface area contributed by atoms with Gasteiger partial charge in [-0.1, -0.05) is 37.6 Å². The molecule has 252 valence electrons. The van der Waals surface area contributed by atoms with Gasteiger partial charge in [0.1, 0.15) is 11.4 Å². The number of hydrogen-bond donors (Lipinski definition) is 2. The summed E-state index contributed by atoms with van der Waals surface area (Å²) in [6.45, 7) is 2.70. The molecule has 5 rings (SSSR count). The normalized spacial score (nSPS) is 14.4. The Morgan fingerprint density at radius 2 is 1.61 bits per heavy atom. The third-order valence-electron chi connectivity index (χ3n) is 7.60. The van der Waals surface area contributed by atoms with Gasteiger partial charge in [0, 0.05) is 22.6 Å². The maximum absolute atomic E-state index is 13.5. The topological polar surface area (TPSA) is 123 Å². The van der Waals surface area contributed by atoms with Gasteiger partial charge in [-0.3, -0.25) is 19.2 Å². The van der Waals surface area contributed by atoms with E-state index in [1.807, 2.05) is 0 Å². The van der Waals surface area contributed by atoms with E-state index in [1.165, 1.54) is 30.9 Å². The van der Waals surface area contributed by atoms with E-state index in [4.69, 9.17) is 14.2 Å². The van der Waals surface area contributed by atoms with Gasteiger partial charge in [-0.25, -0.2) is 4.90 Å². The van der Waals surface area contributed by atoms with E-state index in [0.717, 1.165) is 17.7 Å². The molecule has 0 aromatic heterocycles. The average Bonchev–Trinajstić information content (AvgIpc) is 3.40. The molecule has 0 saturated carbocycles. The first-order valence-electron chi connectivity index (χ1n) is 15.8. The molecule has 0 bridgehead atoms. The molecule has 10 nitrogen and oxygen atoms in total. The van der Waals surface area contributed by atoms with Crippen molar-refractivity contribution in [2.45, 2.75) is 36.3 Å². The van der Waals surface area contributed by atoms with Gasteiger partial charge in [-0.05, 0) is 90.9 Å². The van der Waals surface area contributed by atoms with Crippen molar-refractivity contribution in [1.82, 2.24) is 5.32 Å². The summed E-state index contributed by atoms with van der Waals surface area (Å²) < 4.78 is 16.4. The molecule has 2 N–H and O–H groups in total. The number of nitrogens with one attached hydrogen (secondary N) is 2. The Morgan fingerprint density at radius 3 is 2.29 bits per heavy atom. The van der Waals surface area contributed by atoms with E-state index in [9.17, 15) is 19.2 Å². The van der Waals surface area contributed by atoms with Crippen molar-refractivity contribution in [3.8, 4) is 17.2 Å². The maximum Gasteiger partial charge on any atom is 0.272 e. The number of benzene rings is 4. The molecule has 1 heterocycles. The zero-order valence-corrected chi connectivity index (χ0v) is 28.3. The Bertz CT molecular complexity index is 1830. The number of ether oxygens (including phenoxy) is 3. The molecule has 1 atom stereocenters. The van der Waals surface area contributed by atoms with E-state index in [0.29, 0.717) is 46.4 Å². The van der Waals surface area contributed by atoms with E-state index < -0.39 is 17.1 Å². The highest BCUT2D eigenvalue weighted by molar-refractivity contribution is 8.00. The molecule has 49 heavy (non-hydrogen) atoms. The molecule has 4 amide bonds. The first-order chi connectivity index (χ1) is 23.8. The highest BCUT2D eigenvalue weighted by Gasteiger charge is 2.40. The van der Waals surface area contributed by atoms with Crippen LogP contribution in [0.1, 0.15) is 42.1 Å². The van der Waals surface area contributed by atoms with Crippen LogP contribution in [0.25, 0.3) is 6.08 Å². The molecule has 1 aliphatic rings. The van der Waals surface area contributed by atoms with E-state index >= 15 is 0 Å². The highest BCUT2D eigenvalue weighted by atomic mass is 32.2. The number of nitrogens with zero attached hydrogens (tertiary/aromatic N) is 1. The van der Waals surface area contributed by atoms with Crippen molar-refractivity contribution in [3.63, 3.8) is 0 Å². The first-order valence-corrected chi connectivity index (χ1v) is 16.7. The fourth-order valence-corrected chi connectivity index (χ4v) is 6.08. The second kappa shape index (κ2) is 16.5. The summed E-state index contributed by atoms with van der Waals surface area (Å²) in [5.74, 6) is 0.133. The Balaban J connectivity index is 1.26. The summed E-state index contributed by atoms with van der Waals surface area (Å²) in [5, 5.41) is 4.97. The Morgan fingerprint density at radius 1 is 0.898 bits per heavy atom.